The third-order valence-corrected chi connectivity index (χ3v) is 3.31. The van der Waals surface area contributed by atoms with Gasteiger partial charge in [-0.1, -0.05) is 0 Å². The van der Waals surface area contributed by atoms with E-state index in [0.717, 1.165) is 24.6 Å². The Kier molecular flexibility index (Phi) is 3.24. The van der Waals surface area contributed by atoms with Crippen molar-refractivity contribution < 1.29 is 9.66 Å². The second-order valence-corrected chi connectivity index (χ2v) is 4.85. The molecule has 1 aromatic carbocycles. The van der Waals surface area contributed by atoms with Gasteiger partial charge in [-0.25, -0.2) is 4.98 Å². The highest BCUT2D eigenvalue weighted by Crippen LogP contribution is 2.43. The predicted molar refractivity (Wildman–Crippen MR) is 74.1 cm³/mol. The van der Waals surface area contributed by atoms with Gasteiger partial charge in [-0.15, -0.1) is 0 Å². The third kappa shape index (κ3) is 2.82. The minimum atomic E-state index is -0.510. The molecule has 0 atom stereocenters. The first-order chi connectivity index (χ1) is 10.2. The van der Waals surface area contributed by atoms with Crippen molar-refractivity contribution in [1.29, 1.82) is 5.26 Å². The lowest BCUT2D eigenvalue weighted by Gasteiger charge is -2.07. The number of hydrogen-bond acceptors (Lipinski definition) is 5. The van der Waals surface area contributed by atoms with E-state index in [-0.39, 0.29) is 11.6 Å². The average molecular weight is 281 g/mol. The van der Waals surface area contributed by atoms with E-state index in [2.05, 4.69) is 11.1 Å². The van der Waals surface area contributed by atoms with Crippen LogP contribution in [0.15, 0.2) is 36.5 Å². The Morgan fingerprint density at radius 1 is 1.33 bits per heavy atom. The molecule has 6 heteroatoms. The van der Waals surface area contributed by atoms with E-state index in [1.54, 1.807) is 12.1 Å². The Morgan fingerprint density at radius 3 is 2.71 bits per heavy atom. The lowest BCUT2D eigenvalue weighted by Crippen LogP contribution is -1.93. The van der Waals surface area contributed by atoms with Gasteiger partial charge in [-0.05, 0) is 42.5 Å². The van der Waals surface area contributed by atoms with Crippen molar-refractivity contribution in [2.75, 3.05) is 0 Å². The summed E-state index contributed by atoms with van der Waals surface area (Å²) in [5.41, 5.74) is 1.58. The zero-order chi connectivity index (χ0) is 14.8. The van der Waals surface area contributed by atoms with Gasteiger partial charge >= 0.3 is 0 Å². The van der Waals surface area contributed by atoms with Gasteiger partial charge in [0.25, 0.3) is 5.69 Å². The molecule has 1 aliphatic carbocycles. The fraction of sp³-hybridized carbons (Fsp3) is 0.200. The Hall–Kier alpha value is -2.94. The highest BCUT2D eigenvalue weighted by molar-refractivity contribution is 5.47. The average Bonchev–Trinajstić information content (AvgIpc) is 3.32. The summed E-state index contributed by atoms with van der Waals surface area (Å²) in [6, 6.07) is 10.3. The SMILES string of the molecule is N#Cc1ccc(Oc2ccc([N+](=O)[O-])cn2)cc1C1CC1. The van der Waals surface area contributed by atoms with Crippen LogP contribution in [0.25, 0.3) is 0 Å². The molecule has 0 aliphatic heterocycles. The molecule has 6 nitrogen and oxygen atoms in total. The first-order valence-corrected chi connectivity index (χ1v) is 6.49. The van der Waals surface area contributed by atoms with E-state index in [4.69, 9.17) is 10.00 Å². The third-order valence-electron chi connectivity index (χ3n) is 3.31. The fourth-order valence-electron chi connectivity index (χ4n) is 2.10. The molecule has 0 saturated heterocycles. The molecule has 0 spiro atoms. The smallest absolute Gasteiger partial charge is 0.287 e. The van der Waals surface area contributed by atoms with E-state index in [1.807, 2.05) is 6.07 Å². The maximum absolute atomic E-state index is 10.6. The number of pyridine rings is 1. The Labute approximate surface area is 120 Å². The molecule has 0 amide bonds. The van der Waals surface area contributed by atoms with E-state index >= 15 is 0 Å². The van der Waals surface area contributed by atoms with Gasteiger partial charge < -0.3 is 4.74 Å². The van der Waals surface area contributed by atoms with E-state index in [9.17, 15) is 10.1 Å². The zero-order valence-corrected chi connectivity index (χ0v) is 11.0. The molecule has 0 N–H and O–H groups in total. The molecule has 0 bridgehead atoms. The quantitative estimate of drug-likeness (QED) is 0.631. The van der Waals surface area contributed by atoms with Gasteiger partial charge in [-0.3, -0.25) is 10.1 Å². The van der Waals surface area contributed by atoms with E-state index in [0.29, 0.717) is 17.2 Å². The Balaban J connectivity index is 1.83. The van der Waals surface area contributed by atoms with Crippen molar-refractivity contribution in [2.24, 2.45) is 0 Å². The lowest BCUT2D eigenvalue weighted by atomic mass is 10.0. The summed E-state index contributed by atoms with van der Waals surface area (Å²) in [7, 11) is 0. The molecule has 21 heavy (non-hydrogen) atoms. The molecule has 1 fully saturated rings. The van der Waals surface area contributed by atoms with Crippen LogP contribution in [0, 0.1) is 21.4 Å². The molecular weight excluding hydrogens is 270 g/mol. The van der Waals surface area contributed by atoms with Crippen molar-refractivity contribution >= 4 is 5.69 Å². The molecule has 0 radical (unpaired) electrons. The second-order valence-electron chi connectivity index (χ2n) is 4.85. The van der Waals surface area contributed by atoms with Gasteiger partial charge in [0.2, 0.25) is 5.88 Å². The van der Waals surface area contributed by atoms with Crippen molar-refractivity contribution in [3.8, 4) is 17.7 Å². The standard InChI is InChI=1S/C15H11N3O3/c16-8-11-3-5-13(7-14(11)10-1-2-10)21-15-6-4-12(9-17-15)18(19)20/h3-7,9-10H,1-2H2. The summed E-state index contributed by atoms with van der Waals surface area (Å²) in [6.45, 7) is 0. The van der Waals surface area contributed by atoms with Gasteiger partial charge in [-0.2, -0.15) is 5.26 Å². The van der Waals surface area contributed by atoms with Gasteiger partial charge in [0.1, 0.15) is 11.9 Å². The topological polar surface area (TPSA) is 89.0 Å². The largest absolute Gasteiger partial charge is 0.439 e. The van der Waals surface area contributed by atoms with Crippen LogP contribution in [0.3, 0.4) is 0 Å². The first-order valence-electron chi connectivity index (χ1n) is 6.49. The predicted octanol–water partition coefficient (Wildman–Crippen LogP) is 3.53. The number of nitrogens with zero attached hydrogens (tertiary/aromatic N) is 3. The maximum Gasteiger partial charge on any atom is 0.287 e. The number of nitro groups is 1. The van der Waals surface area contributed by atoms with Crippen LogP contribution in [0.4, 0.5) is 5.69 Å². The summed E-state index contributed by atoms with van der Waals surface area (Å²) in [5, 5.41) is 19.7. The van der Waals surface area contributed by atoms with Crippen LogP contribution >= 0.6 is 0 Å². The zero-order valence-electron chi connectivity index (χ0n) is 11.0. The number of hydrogen-bond donors (Lipinski definition) is 0. The molecule has 2 aromatic rings. The highest BCUT2D eigenvalue weighted by Gasteiger charge is 2.26. The summed E-state index contributed by atoms with van der Waals surface area (Å²) in [6.07, 6.45) is 3.34. The Bertz CT molecular complexity index is 731. The lowest BCUT2D eigenvalue weighted by molar-refractivity contribution is -0.385. The van der Waals surface area contributed by atoms with Crippen molar-refractivity contribution in [3.05, 3.63) is 57.8 Å². The number of benzene rings is 1. The van der Waals surface area contributed by atoms with E-state index < -0.39 is 4.92 Å². The summed E-state index contributed by atoms with van der Waals surface area (Å²) in [5.74, 6) is 1.30. The van der Waals surface area contributed by atoms with Crippen LogP contribution < -0.4 is 4.74 Å². The monoisotopic (exact) mass is 281 g/mol. The van der Waals surface area contributed by atoms with Crippen LogP contribution in [0.5, 0.6) is 11.6 Å². The second kappa shape index (κ2) is 5.21. The van der Waals surface area contributed by atoms with Gasteiger partial charge in [0.15, 0.2) is 0 Å². The highest BCUT2D eigenvalue weighted by atomic mass is 16.6. The summed E-state index contributed by atoms with van der Waals surface area (Å²) in [4.78, 5) is 14.0. The molecule has 1 aromatic heterocycles. The molecular formula is C15H11N3O3. The molecule has 1 saturated carbocycles. The van der Waals surface area contributed by atoms with Crippen molar-refractivity contribution in [3.63, 3.8) is 0 Å². The number of aromatic nitrogens is 1. The molecule has 104 valence electrons. The van der Waals surface area contributed by atoms with E-state index in [1.165, 1.54) is 12.1 Å². The molecule has 1 heterocycles. The normalized spacial score (nSPS) is 13.5. The minimum absolute atomic E-state index is 0.0825. The van der Waals surface area contributed by atoms with Crippen molar-refractivity contribution in [1.82, 2.24) is 4.98 Å². The maximum atomic E-state index is 10.6. The first kappa shape index (κ1) is 13.1. The van der Waals surface area contributed by atoms with Crippen LogP contribution in [-0.2, 0) is 0 Å². The summed E-state index contributed by atoms with van der Waals surface area (Å²) >= 11 is 0. The summed E-state index contributed by atoms with van der Waals surface area (Å²) < 4.78 is 5.59. The molecule has 0 unspecified atom stereocenters. The number of rotatable bonds is 4. The molecule has 1 aliphatic rings. The van der Waals surface area contributed by atoms with Crippen LogP contribution in [0.1, 0.15) is 29.9 Å². The van der Waals surface area contributed by atoms with Gasteiger partial charge in [0.05, 0.1) is 16.6 Å². The van der Waals surface area contributed by atoms with Crippen LogP contribution in [-0.4, -0.2) is 9.91 Å². The molecule has 3 rings (SSSR count). The minimum Gasteiger partial charge on any atom is -0.439 e. The fourth-order valence-corrected chi connectivity index (χ4v) is 2.10. The Morgan fingerprint density at radius 2 is 2.14 bits per heavy atom. The number of ether oxygens (including phenoxy) is 1. The van der Waals surface area contributed by atoms with Gasteiger partial charge in [0, 0.05) is 12.1 Å². The van der Waals surface area contributed by atoms with Crippen molar-refractivity contribution in [2.45, 2.75) is 18.8 Å². The number of nitriles is 1. The van der Waals surface area contributed by atoms with Crippen LogP contribution in [0.2, 0.25) is 0 Å².